The van der Waals surface area contributed by atoms with Crippen LogP contribution in [0.5, 0.6) is 0 Å². The van der Waals surface area contributed by atoms with Crippen LogP contribution in [0.2, 0.25) is 0 Å². The summed E-state index contributed by atoms with van der Waals surface area (Å²) < 4.78 is 7.59. The minimum absolute atomic E-state index is 0.362. The fourth-order valence-corrected chi connectivity index (χ4v) is 3.07. The van der Waals surface area contributed by atoms with E-state index in [2.05, 4.69) is 59.1 Å². The van der Waals surface area contributed by atoms with E-state index in [1.165, 1.54) is 0 Å². The van der Waals surface area contributed by atoms with E-state index in [9.17, 15) is 0 Å². The maximum atomic E-state index is 5.80. The molecule has 0 amide bonds. The number of anilines is 1. The normalized spacial score (nSPS) is 19.7. The van der Waals surface area contributed by atoms with Gasteiger partial charge in [-0.05, 0) is 26.1 Å². The number of fused-ring (bicyclic) bond motifs is 1. The van der Waals surface area contributed by atoms with E-state index in [0.717, 1.165) is 49.9 Å². The van der Waals surface area contributed by atoms with E-state index >= 15 is 0 Å². The molecule has 1 atom stereocenters. The SMILES string of the molecule is CC(C)c1cc(N2CCOCC(CN(C)C)C2)c2nncn2n1. The molecule has 1 aliphatic rings. The first-order chi connectivity index (χ1) is 11.0. The Morgan fingerprint density at radius 1 is 1.39 bits per heavy atom. The lowest BCUT2D eigenvalue weighted by Gasteiger charge is -2.27. The Morgan fingerprint density at radius 2 is 2.22 bits per heavy atom. The highest BCUT2D eigenvalue weighted by atomic mass is 16.5. The van der Waals surface area contributed by atoms with Crippen LogP contribution in [0.4, 0.5) is 5.69 Å². The van der Waals surface area contributed by atoms with E-state index in [1.54, 1.807) is 10.8 Å². The number of hydrogen-bond acceptors (Lipinski definition) is 6. The van der Waals surface area contributed by atoms with Gasteiger partial charge in [-0.3, -0.25) is 0 Å². The average Bonchev–Trinajstić information content (AvgIpc) is 2.85. The smallest absolute Gasteiger partial charge is 0.200 e. The van der Waals surface area contributed by atoms with Gasteiger partial charge < -0.3 is 14.5 Å². The van der Waals surface area contributed by atoms with Crippen molar-refractivity contribution >= 4 is 11.3 Å². The van der Waals surface area contributed by atoms with Crippen molar-refractivity contribution < 1.29 is 4.74 Å². The molecule has 3 rings (SSSR count). The fraction of sp³-hybridized carbons (Fsp3) is 0.688. The highest BCUT2D eigenvalue weighted by molar-refractivity contribution is 5.68. The van der Waals surface area contributed by atoms with Crippen LogP contribution in [-0.4, -0.2) is 71.7 Å². The van der Waals surface area contributed by atoms with Crippen LogP contribution < -0.4 is 4.90 Å². The lowest BCUT2D eigenvalue weighted by molar-refractivity contribution is 0.113. The number of nitrogens with zero attached hydrogens (tertiary/aromatic N) is 6. The van der Waals surface area contributed by atoms with Crippen molar-refractivity contribution in [3.05, 3.63) is 18.1 Å². The summed E-state index contributed by atoms with van der Waals surface area (Å²) >= 11 is 0. The van der Waals surface area contributed by atoms with Gasteiger partial charge in [0.05, 0.1) is 24.6 Å². The average molecular weight is 318 g/mol. The zero-order chi connectivity index (χ0) is 16.4. The van der Waals surface area contributed by atoms with Crippen molar-refractivity contribution in [3.8, 4) is 0 Å². The Hall–Kier alpha value is -1.73. The predicted octanol–water partition coefficient (Wildman–Crippen LogP) is 1.26. The molecule has 3 heterocycles. The van der Waals surface area contributed by atoms with Crippen molar-refractivity contribution in [2.75, 3.05) is 51.8 Å². The summed E-state index contributed by atoms with van der Waals surface area (Å²) in [6.07, 6.45) is 1.68. The molecule has 7 nitrogen and oxygen atoms in total. The van der Waals surface area contributed by atoms with Gasteiger partial charge in [0.2, 0.25) is 5.65 Å². The summed E-state index contributed by atoms with van der Waals surface area (Å²) in [4.78, 5) is 4.59. The summed E-state index contributed by atoms with van der Waals surface area (Å²) in [5.41, 5.74) is 2.98. The molecular formula is C16H26N6O. The Labute approximate surface area is 137 Å². The lowest BCUT2D eigenvalue weighted by Crippen LogP contribution is -2.35. The van der Waals surface area contributed by atoms with Crippen LogP contribution in [0.1, 0.15) is 25.5 Å². The third-order valence-electron chi connectivity index (χ3n) is 4.16. The predicted molar refractivity (Wildman–Crippen MR) is 89.9 cm³/mol. The standard InChI is InChI=1S/C16H26N6O/c1-12(2)14-7-15(16-18-17-11-22(16)19-14)21-5-6-23-10-13(9-21)8-20(3)4/h7,11-13H,5-6,8-10H2,1-4H3. The third kappa shape index (κ3) is 3.61. The van der Waals surface area contributed by atoms with Crippen LogP contribution >= 0.6 is 0 Å². The topological polar surface area (TPSA) is 58.8 Å². The van der Waals surface area contributed by atoms with Gasteiger partial charge in [0.1, 0.15) is 6.33 Å². The van der Waals surface area contributed by atoms with E-state index < -0.39 is 0 Å². The van der Waals surface area contributed by atoms with E-state index in [0.29, 0.717) is 11.8 Å². The maximum absolute atomic E-state index is 5.80. The molecule has 1 unspecified atom stereocenters. The zero-order valence-electron chi connectivity index (χ0n) is 14.4. The first kappa shape index (κ1) is 16.1. The van der Waals surface area contributed by atoms with Crippen molar-refractivity contribution in [3.63, 3.8) is 0 Å². The number of aromatic nitrogens is 4. The van der Waals surface area contributed by atoms with Crippen molar-refractivity contribution in [1.82, 2.24) is 24.7 Å². The molecule has 0 bridgehead atoms. The van der Waals surface area contributed by atoms with Crippen LogP contribution in [0.15, 0.2) is 12.4 Å². The van der Waals surface area contributed by atoms with Gasteiger partial charge in [-0.2, -0.15) is 9.61 Å². The summed E-state index contributed by atoms with van der Waals surface area (Å²) in [5.74, 6) is 0.840. The maximum Gasteiger partial charge on any atom is 0.200 e. The van der Waals surface area contributed by atoms with Crippen LogP contribution in [0, 0.1) is 5.92 Å². The molecule has 2 aromatic rings. The van der Waals surface area contributed by atoms with Gasteiger partial charge in [0.25, 0.3) is 0 Å². The Balaban J connectivity index is 1.95. The second kappa shape index (κ2) is 6.80. The summed E-state index contributed by atoms with van der Waals surface area (Å²) in [6.45, 7) is 8.70. The van der Waals surface area contributed by atoms with Crippen LogP contribution in [0.3, 0.4) is 0 Å². The molecule has 126 valence electrons. The molecule has 0 radical (unpaired) electrons. The Kier molecular flexibility index (Phi) is 4.77. The molecule has 1 saturated heterocycles. The number of rotatable bonds is 4. The highest BCUT2D eigenvalue weighted by Crippen LogP contribution is 2.25. The summed E-state index contributed by atoms with van der Waals surface area (Å²) in [5, 5.41) is 12.9. The van der Waals surface area contributed by atoms with Crippen molar-refractivity contribution in [2.24, 2.45) is 5.92 Å². The largest absolute Gasteiger partial charge is 0.379 e. The van der Waals surface area contributed by atoms with E-state index in [4.69, 9.17) is 4.74 Å². The van der Waals surface area contributed by atoms with Gasteiger partial charge >= 0.3 is 0 Å². The molecule has 0 spiro atoms. The van der Waals surface area contributed by atoms with Gasteiger partial charge in [0, 0.05) is 25.6 Å². The minimum atomic E-state index is 0.362. The number of hydrogen-bond donors (Lipinski definition) is 0. The van der Waals surface area contributed by atoms with Crippen LogP contribution in [-0.2, 0) is 4.74 Å². The van der Waals surface area contributed by atoms with Gasteiger partial charge in [0.15, 0.2) is 0 Å². The zero-order valence-corrected chi connectivity index (χ0v) is 14.4. The first-order valence-corrected chi connectivity index (χ1v) is 8.23. The molecule has 23 heavy (non-hydrogen) atoms. The molecule has 1 aliphatic heterocycles. The third-order valence-corrected chi connectivity index (χ3v) is 4.16. The molecular weight excluding hydrogens is 292 g/mol. The molecule has 0 N–H and O–H groups in total. The molecule has 7 heteroatoms. The van der Waals surface area contributed by atoms with E-state index in [1.807, 2.05) is 0 Å². The lowest BCUT2D eigenvalue weighted by atomic mass is 10.1. The Morgan fingerprint density at radius 3 is 2.96 bits per heavy atom. The second-order valence-electron chi connectivity index (χ2n) is 6.86. The Bertz CT molecular complexity index is 653. The second-order valence-corrected chi connectivity index (χ2v) is 6.86. The van der Waals surface area contributed by atoms with E-state index in [-0.39, 0.29) is 0 Å². The molecule has 1 fully saturated rings. The van der Waals surface area contributed by atoms with Crippen molar-refractivity contribution in [2.45, 2.75) is 19.8 Å². The molecule has 0 aliphatic carbocycles. The molecule has 0 saturated carbocycles. The van der Waals surface area contributed by atoms with Crippen LogP contribution in [0.25, 0.3) is 5.65 Å². The van der Waals surface area contributed by atoms with Gasteiger partial charge in [-0.15, -0.1) is 10.2 Å². The first-order valence-electron chi connectivity index (χ1n) is 8.23. The number of ether oxygens (including phenoxy) is 1. The molecule has 0 aromatic carbocycles. The summed E-state index contributed by atoms with van der Waals surface area (Å²) in [7, 11) is 4.21. The van der Waals surface area contributed by atoms with Gasteiger partial charge in [-0.25, -0.2) is 0 Å². The monoisotopic (exact) mass is 318 g/mol. The highest BCUT2D eigenvalue weighted by Gasteiger charge is 2.23. The van der Waals surface area contributed by atoms with Gasteiger partial charge in [-0.1, -0.05) is 13.8 Å². The quantitative estimate of drug-likeness (QED) is 0.846. The molecule has 2 aromatic heterocycles. The van der Waals surface area contributed by atoms with Crippen molar-refractivity contribution in [1.29, 1.82) is 0 Å². The fourth-order valence-electron chi connectivity index (χ4n) is 3.07. The minimum Gasteiger partial charge on any atom is -0.379 e. The summed E-state index contributed by atoms with van der Waals surface area (Å²) in [6, 6.07) is 2.16.